The number of fused-ring (bicyclic) bond motifs is 1. The molecule has 0 amide bonds. The highest BCUT2D eigenvalue weighted by atomic mass is 15.2. The Hall–Kier alpha value is -0.860. The van der Waals surface area contributed by atoms with Crippen molar-refractivity contribution in [1.29, 1.82) is 0 Å². The van der Waals surface area contributed by atoms with Gasteiger partial charge >= 0.3 is 0 Å². The van der Waals surface area contributed by atoms with Gasteiger partial charge in [-0.1, -0.05) is 30.3 Å². The molecular weight excluding hydrogens is 196 g/mol. The van der Waals surface area contributed by atoms with Gasteiger partial charge in [0.2, 0.25) is 0 Å². The minimum atomic E-state index is 0.464. The second-order valence-electron chi connectivity index (χ2n) is 5.34. The fourth-order valence-electron chi connectivity index (χ4n) is 3.37. The summed E-state index contributed by atoms with van der Waals surface area (Å²) in [6.07, 6.45) is 2.59. The molecule has 1 aromatic carbocycles. The van der Waals surface area contributed by atoms with Crippen molar-refractivity contribution in [3.8, 4) is 0 Å². The first kappa shape index (κ1) is 10.3. The van der Waals surface area contributed by atoms with Crippen molar-refractivity contribution in [1.82, 2.24) is 4.90 Å². The van der Waals surface area contributed by atoms with Gasteiger partial charge in [0.25, 0.3) is 0 Å². The second kappa shape index (κ2) is 4.19. The van der Waals surface area contributed by atoms with Crippen LogP contribution in [0.1, 0.15) is 18.4 Å². The summed E-state index contributed by atoms with van der Waals surface area (Å²) in [5, 5.41) is 0. The largest absolute Gasteiger partial charge is 0.327 e. The van der Waals surface area contributed by atoms with Crippen LogP contribution in [-0.4, -0.2) is 24.0 Å². The zero-order valence-electron chi connectivity index (χ0n) is 9.68. The first-order chi connectivity index (χ1) is 7.83. The first-order valence-corrected chi connectivity index (χ1v) is 6.35. The van der Waals surface area contributed by atoms with Gasteiger partial charge in [0.05, 0.1) is 0 Å². The van der Waals surface area contributed by atoms with Crippen molar-refractivity contribution in [2.24, 2.45) is 17.6 Å². The molecule has 16 heavy (non-hydrogen) atoms. The van der Waals surface area contributed by atoms with Gasteiger partial charge in [0.1, 0.15) is 0 Å². The van der Waals surface area contributed by atoms with Crippen LogP contribution in [-0.2, 0) is 6.54 Å². The summed E-state index contributed by atoms with van der Waals surface area (Å²) < 4.78 is 0. The summed E-state index contributed by atoms with van der Waals surface area (Å²) in [4.78, 5) is 2.57. The van der Waals surface area contributed by atoms with E-state index in [1.54, 1.807) is 0 Å². The fraction of sp³-hybridized carbons (Fsp3) is 0.571. The number of hydrogen-bond donors (Lipinski definition) is 1. The molecule has 2 N–H and O–H groups in total. The van der Waals surface area contributed by atoms with E-state index >= 15 is 0 Å². The molecule has 2 heteroatoms. The molecule has 1 heterocycles. The van der Waals surface area contributed by atoms with Crippen molar-refractivity contribution in [2.75, 3.05) is 13.1 Å². The highest BCUT2D eigenvalue weighted by Crippen LogP contribution is 2.37. The lowest BCUT2D eigenvalue weighted by Gasteiger charge is -2.18. The molecule has 2 aliphatic rings. The van der Waals surface area contributed by atoms with Crippen LogP contribution in [0.15, 0.2) is 30.3 Å². The third-order valence-electron chi connectivity index (χ3n) is 4.24. The van der Waals surface area contributed by atoms with Crippen molar-refractivity contribution in [3.63, 3.8) is 0 Å². The molecule has 1 aromatic rings. The predicted octanol–water partition coefficient (Wildman–Crippen LogP) is 1.86. The first-order valence-electron chi connectivity index (χ1n) is 6.35. The number of hydrogen-bond acceptors (Lipinski definition) is 2. The molecule has 86 valence electrons. The third kappa shape index (κ3) is 1.87. The number of nitrogens with two attached hydrogens (primary N) is 1. The molecule has 0 aromatic heterocycles. The van der Waals surface area contributed by atoms with Crippen LogP contribution in [0, 0.1) is 11.8 Å². The Morgan fingerprint density at radius 2 is 1.94 bits per heavy atom. The van der Waals surface area contributed by atoms with Gasteiger partial charge in [-0.3, -0.25) is 4.90 Å². The lowest BCUT2D eigenvalue weighted by molar-refractivity contribution is 0.298. The number of likely N-dealkylation sites (tertiary alicyclic amines) is 1. The fourth-order valence-corrected chi connectivity index (χ4v) is 3.37. The van der Waals surface area contributed by atoms with Gasteiger partial charge < -0.3 is 5.73 Å². The average molecular weight is 216 g/mol. The summed E-state index contributed by atoms with van der Waals surface area (Å²) in [5.41, 5.74) is 7.58. The summed E-state index contributed by atoms with van der Waals surface area (Å²) >= 11 is 0. The zero-order valence-corrected chi connectivity index (χ0v) is 9.68. The Kier molecular flexibility index (Phi) is 2.70. The number of nitrogens with zero attached hydrogens (tertiary/aromatic N) is 1. The maximum absolute atomic E-state index is 6.15. The van der Waals surface area contributed by atoms with Gasteiger partial charge in [0, 0.05) is 25.7 Å². The quantitative estimate of drug-likeness (QED) is 0.817. The second-order valence-corrected chi connectivity index (χ2v) is 5.34. The maximum Gasteiger partial charge on any atom is 0.0233 e. The van der Waals surface area contributed by atoms with E-state index in [1.165, 1.54) is 31.5 Å². The van der Waals surface area contributed by atoms with Crippen molar-refractivity contribution >= 4 is 0 Å². The van der Waals surface area contributed by atoms with Gasteiger partial charge in [-0.2, -0.15) is 0 Å². The van der Waals surface area contributed by atoms with Gasteiger partial charge in [0.15, 0.2) is 0 Å². The molecular formula is C14H20N2. The monoisotopic (exact) mass is 216 g/mol. The third-order valence-corrected chi connectivity index (χ3v) is 4.24. The van der Waals surface area contributed by atoms with Crippen LogP contribution in [0.4, 0.5) is 0 Å². The standard InChI is InChI=1S/C14H20N2/c15-14-7-6-12-9-16(10-13(12)14)8-11-4-2-1-3-5-11/h1-5,12-14H,6-10,15H2/t12?,13?,14-/m0/s1. The van der Waals surface area contributed by atoms with Crippen LogP contribution in [0.3, 0.4) is 0 Å². The Morgan fingerprint density at radius 3 is 2.69 bits per heavy atom. The summed E-state index contributed by atoms with van der Waals surface area (Å²) in [6.45, 7) is 3.56. The maximum atomic E-state index is 6.15. The van der Waals surface area contributed by atoms with Crippen LogP contribution in [0.5, 0.6) is 0 Å². The molecule has 3 rings (SSSR count). The van der Waals surface area contributed by atoms with E-state index in [0.717, 1.165) is 18.4 Å². The molecule has 1 saturated carbocycles. The molecule has 1 saturated heterocycles. The lowest BCUT2D eigenvalue weighted by atomic mass is 9.98. The van der Waals surface area contributed by atoms with Crippen LogP contribution < -0.4 is 5.73 Å². The van der Waals surface area contributed by atoms with E-state index in [4.69, 9.17) is 5.73 Å². The molecule has 3 atom stereocenters. The average Bonchev–Trinajstić information content (AvgIpc) is 2.83. The van der Waals surface area contributed by atoms with Crippen LogP contribution >= 0.6 is 0 Å². The van der Waals surface area contributed by atoms with Gasteiger partial charge in [-0.25, -0.2) is 0 Å². The zero-order chi connectivity index (χ0) is 11.0. The molecule has 1 aliphatic carbocycles. The topological polar surface area (TPSA) is 29.3 Å². The van der Waals surface area contributed by atoms with E-state index in [-0.39, 0.29) is 0 Å². The SMILES string of the molecule is N[C@H]1CCC2CN(Cc3ccccc3)CC21. The molecule has 0 spiro atoms. The molecule has 2 nitrogen and oxygen atoms in total. The molecule has 1 aliphatic heterocycles. The lowest BCUT2D eigenvalue weighted by Crippen LogP contribution is -2.30. The number of rotatable bonds is 2. The summed E-state index contributed by atoms with van der Waals surface area (Å²) in [7, 11) is 0. The normalized spacial score (nSPS) is 34.2. The highest BCUT2D eigenvalue weighted by molar-refractivity contribution is 5.15. The number of benzene rings is 1. The minimum Gasteiger partial charge on any atom is -0.327 e. The molecule has 0 bridgehead atoms. The van der Waals surface area contributed by atoms with E-state index < -0.39 is 0 Å². The van der Waals surface area contributed by atoms with E-state index in [2.05, 4.69) is 35.2 Å². The Balaban J connectivity index is 1.63. The van der Waals surface area contributed by atoms with E-state index in [9.17, 15) is 0 Å². The van der Waals surface area contributed by atoms with Crippen molar-refractivity contribution in [3.05, 3.63) is 35.9 Å². The smallest absolute Gasteiger partial charge is 0.0233 e. The van der Waals surface area contributed by atoms with Gasteiger partial charge in [-0.05, 0) is 30.2 Å². The Morgan fingerprint density at radius 1 is 1.12 bits per heavy atom. The summed E-state index contributed by atoms with van der Waals surface area (Å²) in [5.74, 6) is 1.64. The summed E-state index contributed by atoms with van der Waals surface area (Å²) in [6, 6.07) is 11.2. The van der Waals surface area contributed by atoms with E-state index in [1.807, 2.05) is 0 Å². The minimum absolute atomic E-state index is 0.464. The highest BCUT2D eigenvalue weighted by Gasteiger charge is 2.40. The molecule has 0 radical (unpaired) electrons. The van der Waals surface area contributed by atoms with Crippen LogP contribution in [0.2, 0.25) is 0 Å². The van der Waals surface area contributed by atoms with Gasteiger partial charge in [-0.15, -0.1) is 0 Å². The predicted molar refractivity (Wildman–Crippen MR) is 65.9 cm³/mol. The molecule has 2 unspecified atom stereocenters. The Bertz CT molecular complexity index is 349. The molecule has 2 fully saturated rings. The van der Waals surface area contributed by atoms with Crippen molar-refractivity contribution in [2.45, 2.75) is 25.4 Å². The van der Waals surface area contributed by atoms with Crippen molar-refractivity contribution < 1.29 is 0 Å². The van der Waals surface area contributed by atoms with E-state index in [0.29, 0.717) is 6.04 Å². The Labute approximate surface area is 97.4 Å². The van der Waals surface area contributed by atoms with Crippen LogP contribution in [0.25, 0.3) is 0 Å².